The van der Waals surface area contributed by atoms with Gasteiger partial charge >= 0.3 is 5.97 Å². The van der Waals surface area contributed by atoms with Crippen LogP contribution in [0.5, 0.6) is 0 Å². The Labute approximate surface area is 139 Å². The van der Waals surface area contributed by atoms with Crippen molar-refractivity contribution in [1.29, 1.82) is 0 Å². The molecule has 0 radical (unpaired) electrons. The fourth-order valence-electron chi connectivity index (χ4n) is 2.22. The van der Waals surface area contributed by atoms with Crippen LogP contribution in [-0.2, 0) is 18.4 Å². The number of carbonyl (C=O) groups is 2. The number of esters is 1. The molecule has 0 aliphatic heterocycles. The SMILES string of the molecule is CC(C)c1nn(C)c(Cl)c1C(=O)OCc1ccccc1C(N)=O. The summed E-state index contributed by atoms with van der Waals surface area (Å²) in [6, 6.07) is 6.70. The number of aromatic nitrogens is 2. The van der Waals surface area contributed by atoms with Gasteiger partial charge in [0, 0.05) is 18.2 Å². The molecule has 2 N–H and O–H groups in total. The number of benzene rings is 1. The fourth-order valence-corrected chi connectivity index (χ4v) is 2.43. The number of ether oxygens (including phenoxy) is 1. The molecule has 2 rings (SSSR count). The van der Waals surface area contributed by atoms with E-state index >= 15 is 0 Å². The molecule has 0 bridgehead atoms. The van der Waals surface area contributed by atoms with E-state index in [0.717, 1.165) is 0 Å². The molecule has 6 nitrogen and oxygen atoms in total. The Balaban J connectivity index is 2.23. The van der Waals surface area contributed by atoms with Crippen LogP contribution in [0.3, 0.4) is 0 Å². The topological polar surface area (TPSA) is 87.2 Å². The molecule has 23 heavy (non-hydrogen) atoms. The Morgan fingerprint density at radius 2 is 2.00 bits per heavy atom. The molecule has 1 aromatic heterocycles. The van der Waals surface area contributed by atoms with Crippen LogP contribution in [0.4, 0.5) is 0 Å². The summed E-state index contributed by atoms with van der Waals surface area (Å²) in [6.07, 6.45) is 0. The van der Waals surface area contributed by atoms with Crippen LogP contribution in [0.1, 0.15) is 51.7 Å². The standard InChI is InChI=1S/C16H18ClN3O3/c1-9(2)13-12(14(17)20(3)19-13)16(22)23-8-10-6-4-5-7-11(10)15(18)21/h4-7,9H,8H2,1-3H3,(H2,18,21). The molecule has 1 aromatic carbocycles. The van der Waals surface area contributed by atoms with E-state index in [9.17, 15) is 9.59 Å². The van der Waals surface area contributed by atoms with Gasteiger partial charge in [0.1, 0.15) is 17.3 Å². The molecule has 0 saturated carbocycles. The van der Waals surface area contributed by atoms with Gasteiger partial charge in [0.2, 0.25) is 5.91 Å². The molecular weight excluding hydrogens is 318 g/mol. The molecule has 0 aliphatic carbocycles. The third-order valence-corrected chi connectivity index (χ3v) is 3.83. The number of hydrogen-bond donors (Lipinski definition) is 1. The first-order valence-corrected chi connectivity index (χ1v) is 7.48. The second-order valence-corrected chi connectivity index (χ2v) is 5.78. The number of nitrogens with zero attached hydrogens (tertiary/aromatic N) is 2. The van der Waals surface area contributed by atoms with E-state index in [1.165, 1.54) is 4.68 Å². The van der Waals surface area contributed by atoms with E-state index in [-0.39, 0.29) is 23.2 Å². The smallest absolute Gasteiger partial charge is 0.343 e. The molecular formula is C16H18ClN3O3. The molecule has 2 aromatic rings. The minimum atomic E-state index is -0.578. The zero-order valence-corrected chi connectivity index (χ0v) is 13.9. The van der Waals surface area contributed by atoms with Crippen LogP contribution in [0.25, 0.3) is 0 Å². The average Bonchev–Trinajstić information content (AvgIpc) is 2.81. The molecule has 0 fully saturated rings. The third-order valence-electron chi connectivity index (χ3n) is 3.40. The first kappa shape index (κ1) is 17.0. The Bertz CT molecular complexity index is 753. The number of nitrogens with two attached hydrogens (primary N) is 1. The van der Waals surface area contributed by atoms with Crippen molar-refractivity contribution in [1.82, 2.24) is 9.78 Å². The third kappa shape index (κ3) is 3.53. The molecule has 0 unspecified atom stereocenters. The van der Waals surface area contributed by atoms with Gasteiger partial charge in [-0.05, 0) is 12.0 Å². The van der Waals surface area contributed by atoms with Gasteiger partial charge in [-0.1, -0.05) is 43.6 Å². The van der Waals surface area contributed by atoms with Gasteiger partial charge in [-0.2, -0.15) is 5.10 Å². The number of halogens is 1. The van der Waals surface area contributed by atoms with Crippen molar-refractivity contribution in [3.63, 3.8) is 0 Å². The van der Waals surface area contributed by atoms with Gasteiger partial charge in [0.05, 0.1) is 5.69 Å². The number of carbonyl (C=O) groups excluding carboxylic acids is 2. The maximum absolute atomic E-state index is 12.4. The summed E-state index contributed by atoms with van der Waals surface area (Å²) in [6.45, 7) is 3.76. The van der Waals surface area contributed by atoms with Crippen LogP contribution >= 0.6 is 11.6 Å². The second-order valence-electron chi connectivity index (χ2n) is 5.43. The van der Waals surface area contributed by atoms with E-state index in [4.69, 9.17) is 22.1 Å². The second kappa shape index (κ2) is 6.83. The van der Waals surface area contributed by atoms with E-state index in [1.54, 1.807) is 31.3 Å². The van der Waals surface area contributed by atoms with Crippen molar-refractivity contribution in [2.45, 2.75) is 26.4 Å². The van der Waals surface area contributed by atoms with E-state index < -0.39 is 11.9 Å². The van der Waals surface area contributed by atoms with E-state index in [2.05, 4.69) is 5.10 Å². The summed E-state index contributed by atoms with van der Waals surface area (Å²) in [4.78, 5) is 23.8. The number of amides is 1. The van der Waals surface area contributed by atoms with Crippen LogP contribution < -0.4 is 5.73 Å². The first-order chi connectivity index (χ1) is 10.8. The summed E-state index contributed by atoms with van der Waals surface area (Å²) >= 11 is 6.14. The van der Waals surface area contributed by atoms with Crippen molar-refractivity contribution >= 4 is 23.5 Å². The van der Waals surface area contributed by atoms with Crippen LogP contribution in [-0.4, -0.2) is 21.7 Å². The van der Waals surface area contributed by atoms with Gasteiger partial charge in [0.25, 0.3) is 0 Å². The minimum Gasteiger partial charge on any atom is -0.457 e. The lowest BCUT2D eigenvalue weighted by Gasteiger charge is -2.09. The zero-order chi connectivity index (χ0) is 17.1. The molecule has 122 valence electrons. The Morgan fingerprint density at radius 1 is 1.35 bits per heavy atom. The number of hydrogen-bond acceptors (Lipinski definition) is 4. The highest BCUT2D eigenvalue weighted by Gasteiger charge is 2.25. The van der Waals surface area contributed by atoms with Gasteiger partial charge < -0.3 is 10.5 Å². The monoisotopic (exact) mass is 335 g/mol. The average molecular weight is 336 g/mol. The number of rotatable bonds is 5. The summed E-state index contributed by atoms with van der Waals surface area (Å²) in [5, 5.41) is 4.47. The summed E-state index contributed by atoms with van der Waals surface area (Å²) in [7, 11) is 1.66. The van der Waals surface area contributed by atoms with Crippen LogP contribution in [0.2, 0.25) is 5.15 Å². The zero-order valence-electron chi connectivity index (χ0n) is 13.2. The highest BCUT2D eigenvalue weighted by Crippen LogP contribution is 2.26. The Morgan fingerprint density at radius 3 is 2.61 bits per heavy atom. The molecule has 7 heteroatoms. The largest absolute Gasteiger partial charge is 0.457 e. The molecule has 0 atom stereocenters. The fraction of sp³-hybridized carbons (Fsp3) is 0.312. The van der Waals surface area contributed by atoms with Crippen LogP contribution in [0, 0.1) is 0 Å². The summed E-state index contributed by atoms with van der Waals surface area (Å²) in [5.41, 5.74) is 7.00. The van der Waals surface area contributed by atoms with E-state index in [0.29, 0.717) is 16.8 Å². The highest BCUT2D eigenvalue weighted by molar-refractivity contribution is 6.32. The first-order valence-electron chi connectivity index (χ1n) is 7.10. The Kier molecular flexibility index (Phi) is 5.05. The molecule has 0 aliphatic rings. The number of aryl methyl sites for hydroxylation is 1. The quantitative estimate of drug-likeness (QED) is 0.851. The van der Waals surface area contributed by atoms with Crippen molar-refractivity contribution < 1.29 is 14.3 Å². The summed E-state index contributed by atoms with van der Waals surface area (Å²) in [5.74, 6) is -1.13. The molecule has 0 saturated heterocycles. The van der Waals surface area contributed by atoms with Crippen LogP contribution in [0.15, 0.2) is 24.3 Å². The lowest BCUT2D eigenvalue weighted by molar-refractivity contribution is 0.0469. The van der Waals surface area contributed by atoms with E-state index in [1.807, 2.05) is 13.8 Å². The predicted octanol–water partition coefficient (Wildman–Crippen LogP) is 2.65. The van der Waals surface area contributed by atoms with Gasteiger partial charge in [-0.3, -0.25) is 9.48 Å². The summed E-state index contributed by atoms with van der Waals surface area (Å²) < 4.78 is 6.74. The highest BCUT2D eigenvalue weighted by atomic mass is 35.5. The molecule has 1 amide bonds. The number of primary amides is 1. The van der Waals surface area contributed by atoms with Gasteiger partial charge in [0.15, 0.2) is 0 Å². The van der Waals surface area contributed by atoms with Gasteiger partial charge in [-0.25, -0.2) is 4.79 Å². The predicted molar refractivity (Wildman–Crippen MR) is 86.4 cm³/mol. The normalized spacial score (nSPS) is 10.8. The maximum Gasteiger partial charge on any atom is 0.343 e. The van der Waals surface area contributed by atoms with Crippen molar-refractivity contribution in [2.75, 3.05) is 0 Å². The van der Waals surface area contributed by atoms with Crippen molar-refractivity contribution in [3.8, 4) is 0 Å². The van der Waals surface area contributed by atoms with Crippen molar-refractivity contribution in [3.05, 3.63) is 51.8 Å². The Hall–Kier alpha value is -2.34. The molecule has 0 spiro atoms. The van der Waals surface area contributed by atoms with Crippen molar-refractivity contribution in [2.24, 2.45) is 12.8 Å². The lowest BCUT2D eigenvalue weighted by Crippen LogP contribution is -2.15. The van der Waals surface area contributed by atoms with Gasteiger partial charge in [-0.15, -0.1) is 0 Å². The maximum atomic E-state index is 12.4. The minimum absolute atomic E-state index is 0.0224. The molecule has 1 heterocycles. The lowest BCUT2D eigenvalue weighted by atomic mass is 10.1.